The molecule has 8 heteroatoms. The van der Waals surface area contributed by atoms with Crippen LogP contribution < -0.4 is 14.8 Å². The first-order valence-electron chi connectivity index (χ1n) is 7.47. The zero-order valence-corrected chi connectivity index (χ0v) is 15.4. The number of aryl methyl sites for hydroxylation is 1. The van der Waals surface area contributed by atoms with E-state index in [9.17, 15) is 13.2 Å². The fourth-order valence-corrected chi connectivity index (χ4v) is 3.36. The van der Waals surface area contributed by atoms with Crippen LogP contribution in [-0.4, -0.2) is 28.0 Å². The Morgan fingerprint density at radius 3 is 2.44 bits per heavy atom. The third-order valence-electron chi connectivity index (χ3n) is 3.47. The topological polar surface area (TPSA) is 84.5 Å². The minimum Gasteiger partial charge on any atom is -0.495 e. The van der Waals surface area contributed by atoms with E-state index in [2.05, 4.69) is 10.0 Å². The molecule has 0 heterocycles. The second-order valence-electron chi connectivity index (χ2n) is 5.38. The van der Waals surface area contributed by atoms with E-state index in [1.54, 1.807) is 0 Å². The van der Waals surface area contributed by atoms with Crippen molar-refractivity contribution in [2.24, 2.45) is 0 Å². The number of ether oxygens (including phenoxy) is 1. The van der Waals surface area contributed by atoms with Crippen molar-refractivity contribution in [1.82, 2.24) is 10.0 Å². The summed E-state index contributed by atoms with van der Waals surface area (Å²) in [5.41, 5.74) is 2.06. The maximum absolute atomic E-state index is 12.2. The van der Waals surface area contributed by atoms with E-state index >= 15 is 0 Å². The summed E-state index contributed by atoms with van der Waals surface area (Å²) < 4.78 is 31.6. The summed E-state index contributed by atoms with van der Waals surface area (Å²) in [6.07, 6.45) is 0. The molecule has 0 aliphatic heterocycles. The molecule has 25 heavy (non-hydrogen) atoms. The predicted octanol–water partition coefficient (Wildman–Crippen LogP) is 2.25. The van der Waals surface area contributed by atoms with Crippen LogP contribution in [0.1, 0.15) is 11.1 Å². The Morgan fingerprint density at radius 2 is 1.84 bits per heavy atom. The number of hydrogen-bond donors (Lipinski definition) is 2. The van der Waals surface area contributed by atoms with Crippen molar-refractivity contribution in [2.45, 2.75) is 18.4 Å². The van der Waals surface area contributed by atoms with Gasteiger partial charge in [0.05, 0.1) is 23.6 Å². The highest BCUT2D eigenvalue weighted by Crippen LogP contribution is 2.26. The maximum atomic E-state index is 12.2. The summed E-state index contributed by atoms with van der Waals surface area (Å²) in [4.78, 5) is 11.8. The Labute approximate surface area is 152 Å². The fourth-order valence-electron chi connectivity index (χ4n) is 2.03. The monoisotopic (exact) mass is 382 g/mol. The molecular weight excluding hydrogens is 364 g/mol. The van der Waals surface area contributed by atoms with Crippen LogP contribution in [0.2, 0.25) is 5.02 Å². The van der Waals surface area contributed by atoms with Crippen LogP contribution in [0.4, 0.5) is 0 Å². The van der Waals surface area contributed by atoms with E-state index in [4.69, 9.17) is 16.3 Å². The van der Waals surface area contributed by atoms with Gasteiger partial charge in [-0.3, -0.25) is 4.79 Å². The number of carbonyl (C=O) groups is 1. The Balaban J connectivity index is 1.91. The lowest BCUT2D eigenvalue weighted by atomic mass is 10.1. The molecule has 0 radical (unpaired) electrons. The van der Waals surface area contributed by atoms with Crippen LogP contribution >= 0.6 is 11.6 Å². The summed E-state index contributed by atoms with van der Waals surface area (Å²) in [5, 5.41) is 2.84. The Hall–Kier alpha value is -2.09. The molecule has 2 aromatic rings. The van der Waals surface area contributed by atoms with Crippen molar-refractivity contribution >= 4 is 27.5 Å². The molecular formula is C17H19ClN2O4S. The molecule has 2 N–H and O–H groups in total. The van der Waals surface area contributed by atoms with Gasteiger partial charge in [0.15, 0.2) is 0 Å². The van der Waals surface area contributed by atoms with Gasteiger partial charge >= 0.3 is 0 Å². The highest BCUT2D eigenvalue weighted by atomic mass is 35.5. The van der Waals surface area contributed by atoms with Crippen molar-refractivity contribution in [3.8, 4) is 5.75 Å². The molecule has 0 fully saturated rings. The predicted molar refractivity (Wildman–Crippen MR) is 96.2 cm³/mol. The van der Waals surface area contributed by atoms with Gasteiger partial charge in [-0.15, -0.1) is 0 Å². The summed E-state index contributed by atoms with van der Waals surface area (Å²) in [6.45, 7) is 1.94. The van der Waals surface area contributed by atoms with Gasteiger partial charge in [-0.25, -0.2) is 13.1 Å². The highest BCUT2D eigenvalue weighted by Gasteiger charge is 2.17. The SMILES string of the molecule is COc1ccc(S(=O)(=O)NCC(=O)NCc2ccc(C)cc2)cc1Cl. The average Bonchev–Trinajstić information content (AvgIpc) is 2.59. The number of benzene rings is 2. The molecule has 2 aromatic carbocycles. The molecule has 0 spiro atoms. The van der Waals surface area contributed by atoms with E-state index in [1.807, 2.05) is 31.2 Å². The van der Waals surface area contributed by atoms with Crippen LogP contribution in [0, 0.1) is 6.92 Å². The summed E-state index contributed by atoms with van der Waals surface area (Å²) >= 11 is 5.93. The molecule has 1 amide bonds. The third kappa shape index (κ3) is 5.45. The standard InChI is InChI=1S/C17H19ClN2O4S/c1-12-3-5-13(6-4-12)10-19-17(21)11-20-25(22,23)14-7-8-16(24-2)15(18)9-14/h3-9,20H,10-11H2,1-2H3,(H,19,21). The molecule has 6 nitrogen and oxygen atoms in total. The maximum Gasteiger partial charge on any atom is 0.241 e. The summed E-state index contributed by atoms with van der Waals surface area (Å²) in [5.74, 6) is -0.0554. The first-order valence-corrected chi connectivity index (χ1v) is 9.33. The normalized spacial score (nSPS) is 11.2. The second-order valence-corrected chi connectivity index (χ2v) is 7.56. The van der Waals surface area contributed by atoms with Crippen LogP contribution in [0.25, 0.3) is 0 Å². The van der Waals surface area contributed by atoms with Crippen molar-refractivity contribution in [1.29, 1.82) is 0 Å². The van der Waals surface area contributed by atoms with Crippen LogP contribution in [-0.2, 0) is 21.4 Å². The molecule has 0 atom stereocenters. The van der Waals surface area contributed by atoms with Crippen molar-refractivity contribution in [3.05, 3.63) is 58.6 Å². The van der Waals surface area contributed by atoms with Crippen LogP contribution in [0.3, 0.4) is 0 Å². The van der Waals surface area contributed by atoms with Gasteiger partial charge < -0.3 is 10.1 Å². The van der Waals surface area contributed by atoms with Gasteiger partial charge in [0.25, 0.3) is 0 Å². The minimum absolute atomic E-state index is 0.0374. The molecule has 2 rings (SSSR count). The zero-order valence-electron chi connectivity index (χ0n) is 13.9. The number of sulfonamides is 1. The minimum atomic E-state index is -3.84. The molecule has 0 saturated carbocycles. The average molecular weight is 383 g/mol. The van der Waals surface area contributed by atoms with Crippen molar-refractivity contribution < 1.29 is 17.9 Å². The van der Waals surface area contributed by atoms with E-state index in [0.29, 0.717) is 12.3 Å². The van der Waals surface area contributed by atoms with E-state index in [-0.39, 0.29) is 16.5 Å². The lowest BCUT2D eigenvalue weighted by Gasteiger charge is -2.09. The number of rotatable bonds is 7. The quantitative estimate of drug-likeness (QED) is 0.769. The number of halogens is 1. The lowest BCUT2D eigenvalue weighted by molar-refractivity contribution is -0.120. The molecule has 0 aliphatic rings. The first kappa shape index (κ1) is 19.2. The number of hydrogen-bond acceptors (Lipinski definition) is 4. The van der Waals surface area contributed by atoms with E-state index in [1.165, 1.54) is 25.3 Å². The zero-order chi connectivity index (χ0) is 18.4. The van der Waals surface area contributed by atoms with Crippen LogP contribution in [0.5, 0.6) is 5.75 Å². The van der Waals surface area contributed by atoms with E-state index < -0.39 is 15.9 Å². The molecule has 0 saturated heterocycles. The van der Waals surface area contributed by atoms with Gasteiger partial charge in [-0.1, -0.05) is 41.4 Å². The molecule has 0 aromatic heterocycles. The Kier molecular flexibility index (Phi) is 6.41. The van der Waals surface area contributed by atoms with Gasteiger partial charge in [-0.05, 0) is 30.7 Å². The summed E-state index contributed by atoms with van der Waals surface area (Å²) in [7, 11) is -2.41. The second kappa shape index (κ2) is 8.33. The molecule has 0 unspecified atom stereocenters. The van der Waals surface area contributed by atoms with Crippen molar-refractivity contribution in [2.75, 3.05) is 13.7 Å². The fraction of sp³-hybridized carbons (Fsp3) is 0.235. The lowest BCUT2D eigenvalue weighted by Crippen LogP contribution is -2.36. The number of nitrogens with one attached hydrogen (secondary N) is 2. The number of carbonyl (C=O) groups excluding carboxylic acids is 1. The number of amides is 1. The van der Waals surface area contributed by atoms with Crippen LogP contribution in [0.15, 0.2) is 47.4 Å². The van der Waals surface area contributed by atoms with Gasteiger partial charge in [0, 0.05) is 6.54 Å². The van der Waals surface area contributed by atoms with Gasteiger partial charge in [-0.2, -0.15) is 0 Å². The third-order valence-corrected chi connectivity index (χ3v) is 5.16. The van der Waals surface area contributed by atoms with Gasteiger partial charge in [0.2, 0.25) is 15.9 Å². The van der Waals surface area contributed by atoms with E-state index in [0.717, 1.165) is 11.1 Å². The Morgan fingerprint density at radius 1 is 1.16 bits per heavy atom. The largest absolute Gasteiger partial charge is 0.495 e. The molecule has 134 valence electrons. The highest BCUT2D eigenvalue weighted by molar-refractivity contribution is 7.89. The van der Waals surface area contributed by atoms with Crippen molar-refractivity contribution in [3.63, 3.8) is 0 Å². The van der Waals surface area contributed by atoms with Gasteiger partial charge in [0.1, 0.15) is 5.75 Å². The molecule has 0 aliphatic carbocycles. The number of methoxy groups -OCH3 is 1. The molecule has 0 bridgehead atoms. The summed E-state index contributed by atoms with van der Waals surface area (Å²) in [6, 6.07) is 11.8. The first-order chi connectivity index (χ1) is 11.8. The smallest absolute Gasteiger partial charge is 0.241 e. The Bertz CT molecular complexity index is 851.